The molecule has 8 aromatic rings. The summed E-state index contributed by atoms with van der Waals surface area (Å²) in [4.78, 5) is 0. The third kappa shape index (κ3) is 2.97. The van der Waals surface area contributed by atoms with Crippen LogP contribution in [-0.4, -0.2) is 9.13 Å². The zero-order chi connectivity index (χ0) is 27.3. The molecule has 0 saturated heterocycles. The van der Waals surface area contributed by atoms with E-state index in [1.54, 1.807) is 0 Å². The van der Waals surface area contributed by atoms with Gasteiger partial charge in [0.1, 0.15) is 0 Å². The normalized spacial score (nSPS) is 13.8. The average Bonchev–Trinajstić information content (AvgIpc) is 3.60. The number of para-hydroxylation sites is 3. The molecule has 2 nitrogen and oxygen atoms in total. The van der Waals surface area contributed by atoms with E-state index in [0.717, 1.165) is 0 Å². The highest BCUT2D eigenvalue weighted by Gasteiger charge is 2.36. The molecule has 0 spiro atoms. The first kappa shape index (κ1) is 22.7. The van der Waals surface area contributed by atoms with Crippen LogP contribution in [0.1, 0.15) is 25.0 Å². The Bertz CT molecular complexity index is 2330. The molecule has 0 fully saturated rings. The summed E-state index contributed by atoms with van der Waals surface area (Å²) in [7, 11) is 0. The molecule has 2 aromatic heterocycles. The maximum Gasteiger partial charge on any atom is 0.0544 e. The van der Waals surface area contributed by atoms with Gasteiger partial charge in [-0.2, -0.15) is 0 Å². The number of aromatic nitrogens is 2. The van der Waals surface area contributed by atoms with Crippen molar-refractivity contribution in [1.82, 2.24) is 9.13 Å². The minimum atomic E-state index is -0.0472. The van der Waals surface area contributed by atoms with Gasteiger partial charge in [-0.3, -0.25) is 0 Å². The van der Waals surface area contributed by atoms with Crippen molar-refractivity contribution in [1.29, 1.82) is 0 Å². The van der Waals surface area contributed by atoms with Crippen molar-refractivity contribution in [2.45, 2.75) is 19.3 Å². The Balaban J connectivity index is 1.36. The van der Waals surface area contributed by atoms with Crippen LogP contribution >= 0.6 is 0 Å². The lowest BCUT2D eigenvalue weighted by molar-refractivity contribution is 0.661. The Morgan fingerprint density at radius 3 is 1.73 bits per heavy atom. The van der Waals surface area contributed by atoms with Gasteiger partial charge in [0.2, 0.25) is 0 Å². The molecule has 2 heteroatoms. The summed E-state index contributed by atoms with van der Waals surface area (Å²) in [6.45, 7) is 4.72. The van der Waals surface area contributed by atoms with E-state index in [1.165, 1.54) is 77.2 Å². The van der Waals surface area contributed by atoms with Crippen LogP contribution < -0.4 is 0 Å². The molecule has 1 aliphatic carbocycles. The molecule has 0 bridgehead atoms. The monoisotopic (exact) mass is 524 g/mol. The van der Waals surface area contributed by atoms with E-state index in [-0.39, 0.29) is 5.41 Å². The van der Waals surface area contributed by atoms with Gasteiger partial charge < -0.3 is 9.13 Å². The Labute approximate surface area is 238 Å². The Hall–Kier alpha value is -5.08. The number of hydrogen-bond donors (Lipinski definition) is 0. The fourth-order valence-electron chi connectivity index (χ4n) is 7.40. The molecular weight excluding hydrogens is 496 g/mol. The van der Waals surface area contributed by atoms with Gasteiger partial charge in [-0.05, 0) is 76.9 Å². The largest absolute Gasteiger partial charge is 0.309 e. The highest BCUT2D eigenvalue weighted by atomic mass is 15.0. The van der Waals surface area contributed by atoms with E-state index >= 15 is 0 Å². The molecule has 2 heterocycles. The van der Waals surface area contributed by atoms with Gasteiger partial charge in [-0.1, -0.05) is 92.7 Å². The zero-order valence-corrected chi connectivity index (χ0v) is 23.1. The summed E-state index contributed by atoms with van der Waals surface area (Å²) < 4.78 is 4.85. The van der Waals surface area contributed by atoms with Crippen molar-refractivity contribution < 1.29 is 0 Å². The molecule has 0 unspecified atom stereocenters. The molecule has 0 N–H and O–H groups in total. The molecule has 194 valence electrons. The van der Waals surface area contributed by atoms with Gasteiger partial charge in [0.05, 0.1) is 22.1 Å². The van der Waals surface area contributed by atoms with E-state index in [2.05, 4.69) is 156 Å². The van der Waals surface area contributed by atoms with Crippen molar-refractivity contribution in [3.05, 3.63) is 145 Å². The molecule has 9 rings (SSSR count). The van der Waals surface area contributed by atoms with E-state index in [4.69, 9.17) is 0 Å². The summed E-state index contributed by atoms with van der Waals surface area (Å²) in [5.74, 6) is 0. The van der Waals surface area contributed by atoms with Crippen LogP contribution in [0.15, 0.2) is 133 Å². The number of hydrogen-bond acceptors (Lipinski definition) is 0. The molecule has 0 saturated carbocycles. The number of benzene rings is 6. The standard InChI is InChI=1S/C39H28N2/c1-39(2)33-17-9-6-14-27(33)30-23-32-29-16-8-11-19-36(29)41(38(32)24-34(30)39)26-20-21-37-31(22-26)28-15-7-10-18-35(28)40(37)25-12-4-3-5-13-25/h3-24H,1-2H3. The van der Waals surface area contributed by atoms with Crippen molar-refractivity contribution in [3.8, 4) is 22.5 Å². The Morgan fingerprint density at radius 1 is 0.390 bits per heavy atom. The van der Waals surface area contributed by atoms with Crippen LogP contribution in [0.2, 0.25) is 0 Å². The fourth-order valence-corrected chi connectivity index (χ4v) is 7.40. The van der Waals surface area contributed by atoms with Crippen molar-refractivity contribution >= 4 is 43.6 Å². The summed E-state index contributed by atoms with van der Waals surface area (Å²) in [6.07, 6.45) is 0. The summed E-state index contributed by atoms with van der Waals surface area (Å²) in [6, 6.07) is 49.1. The van der Waals surface area contributed by atoms with E-state index in [9.17, 15) is 0 Å². The first-order chi connectivity index (χ1) is 20.1. The lowest BCUT2D eigenvalue weighted by Gasteiger charge is -2.21. The highest BCUT2D eigenvalue weighted by molar-refractivity contribution is 6.13. The number of rotatable bonds is 2. The molecule has 41 heavy (non-hydrogen) atoms. The van der Waals surface area contributed by atoms with Crippen molar-refractivity contribution in [3.63, 3.8) is 0 Å². The van der Waals surface area contributed by atoms with Crippen LogP contribution in [-0.2, 0) is 5.41 Å². The van der Waals surface area contributed by atoms with Gasteiger partial charge in [-0.15, -0.1) is 0 Å². The smallest absolute Gasteiger partial charge is 0.0544 e. The quantitative estimate of drug-likeness (QED) is 0.213. The summed E-state index contributed by atoms with van der Waals surface area (Å²) in [5.41, 5.74) is 12.8. The van der Waals surface area contributed by atoms with E-state index in [1.807, 2.05) is 0 Å². The highest BCUT2D eigenvalue weighted by Crippen LogP contribution is 2.51. The van der Waals surface area contributed by atoms with Gasteiger partial charge in [0.15, 0.2) is 0 Å². The topological polar surface area (TPSA) is 9.86 Å². The molecule has 0 amide bonds. The van der Waals surface area contributed by atoms with Crippen molar-refractivity contribution in [2.24, 2.45) is 0 Å². The third-order valence-corrected chi connectivity index (χ3v) is 9.30. The van der Waals surface area contributed by atoms with E-state index in [0.29, 0.717) is 0 Å². The first-order valence-corrected chi connectivity index (χ1v) is 14.4. The summed E-state index contributed by atoms with van der Waals surface area (Å²) >= 11 is 0. The van der Waals surface area contributed by atoms with Crippen LogP contribution in [0.25, 0.3) is 66.1 Å². The van der Waals surface area contributed by atoms with Crippen molar-refractivity contribution in [2.75, 3.05) is 0 Å². The van der Waals surface area contributed by atoms with Crippen LogP contribution in [0.5, 0.6) is 0 Å². The SMILES string of the molecule is CC1(C)c2ccccc2-c2cc3c4ccccc4n(-c4ccc5c(c4)c4ccccc4n5-c4ccccc4)c3cc21. The second-order valence-electron chi connectivity index (χ2n) is 11.8. The number of nitrogens with zero attached hydrogens (tertiary/aromatic N) is 2. The lowest BCUT2D eigenvalue weighted by Crippen LogP contribution is -2.14. The van der Waals surface area contributed by atoms with Gasteiger partial charge >= 0.3 is 0 Å². The second-order valence-corrected chi connectivity index (χ2v) is 11.8. The minimum absolute atomic E-state index is 0.0472. The predicted octanol–water partition coefficient (Wildman–Crippen LogP) is 10.2. The minimum Gasteiger partial charge on any atom is -0.309 e. The van der Waals surface area contributed by atoms with Crippen LogP contribution in [0.3, 0.4) is 0 Å². The molecule has 0 atom stereocenters. The van der Waals surface area contributed by atoms with E-state index < -0.39 is 0 Å². The van der Waals surface area contributed by atoms with Crippen LogP contribution in [0.4, 0.5) is 0 Å². The molecule has 0 aliphatic heterocycles. The van der Waals surface area contributed by atoms with Gasteiger partial charge in [-0.25, -0.2) is 0 Å². The molecule has 1 aliphatic rings. The third-order valence-electron chi connectivity index (χ3n) is 9.30. The predicted molar refractivity (Wildman–Crippen MR) is 173 cm³/mol. The maximum absolute atomic E-state index is 2.47. The second kappa shape index (κ2) is 7.99. The first-order valence-electron chi connectivity index (χ1n) is 14.4. The molecular formula is C39H28N2. The average molecular weight is 525 g/mol. The zero-order valence-electron chi connectivity index (χ0n) is 23.1. The maximum atomic E-state index is 2.47. The summed E-state index contributed by atoms with van der Waals surface area (Å²) in [5, 5.41) is 5.13. The molecule has 6 aromatic carbocycles. The van der Waals surface area contributed by atoms with Crippen LogP contribution in [0, 0.1) is 0 Å². The lowest BCUT2D eigenvalue weighted by atomic mass is 9.82. The fraction of sp³-hybridized carbons (Fsp3) is 0.0769. The Kier molecular flexibility index (Phi) is 4.42. The Morgan fingerprint density at radius 2 is 0.976 bits per heavy atom. The van der Waals surface area contributed by atoms with Gasteiger partial charge in [0.25, 0.3) is 0 Å². The number of fused-ring (bicyclic) bond motifs is 9. The van der Waals surface area contributed by atoms with Gasteiger partial charge in [0, 0.05) is 38.3 Å². The molecule has 0 radical (unpaired) electrons.